The van der Waals surface area contributed by atoms with Crippen LogP contribution in [0.25, 0.3) is 0 Å². The zero-order valence-electron chi connectivity index (χ0n) is 10.0. The van der Waals surface area contributed by atoms with Gasteiger partial charge in [0.2, 0.25) is 0 Å². The van der Waals surface area contributed by atoms with Crippen LogP contribution in [0.3, 0.4) is 0 Å². The largest absolute Gasteiger partial charge is 0.383 e. The van der Waals surface area contributed by atoms with E-state index in [0.717, 1.165) is 25.1 Å². The van der Waals surface area contributed by atoms with Gasteiger partial charge in [-0.15, -0.1) is 0 Å². The van der Waals surface area contributed by atoms with Gasteiger partial charge in [0.25, 0.3) is 0 Å². The molecule has 0 amide bonds. The van der Waals surface area contributed by atoms with Gasteiger partial charge in [0.1, 0.15) is 0 Å². The van der Waals surface area contributed by atoms with Gasteiger partial charge in [0, 0.05) is 25.7 Å². The maximum Gasteiger partial charge on any atom is 0.0620 e. The third kappa shape index (κ3) is 2.92. The first kappa shape index (κ1) is 11.4. The summed E-state index contributed by atoms with van der Waals surface area (Å²) in [5.41, 5.74) is 0. The second-order valence-electron chi connectivity index (χ2n) is 5.03. The summed E-state index contributed by atoms with van der Waals surface area (Å²) in [7, 11) is 4.10. The van der Waals surface area contributed by atoms with E-state index in [1.54, 1.807) is 0 Å². The molecular formula is C12H24N2O. The fourth-order valence-corrected chi connectivity index (χ4v) is 2.69. The lowest BCUT2D eigenvalue weighted by Crippen LogP contribution is -2.50. The fraction of sp³-hybridized carbons (Fsp3) is 1.00. The smallest absolute Gasteiger partial charge is 0.0620 e. The molecule has 1 saturated heterocycles. The van der Waals surface area contributed by atoms with Gasteiger partial charge < -0.3 is 10.1 Å². The van der Waals surface area contributed by atoms with Crippen LogP contribution in [0.1, 0.15) is 25.7 Å². The first-order valence-corrected chi connectivity index (χ1v) is 6.24. The molecule has 1 N–H and O–H groups in total. The Kier molecular flexibility index (Phi) is 4.00. The number of methoxy groups -OCH3 is 1. The van der Waals surface area contributed by atoms with Crippen LogP contribution in [0.4, 0.5) is 0 Å². The van der Waals surface area contributed by atoms with Crippen LogP contribution in [-0.4, -0.2) is 50.8 Å². The first-order chi connectivity index (χ1) is 7.33. The van der Waals surface area contributed by atoms with Crippen molar-refractivity contribution in [2.75, 3.05) is 33.9 Å². The van der Waals surface area contributed by atoms with Crippen molar-refractivity contribution >= 4 is 0 Å². The standard InChI is InChI=1S/C12H24N2O/c1-14(11-4-3-7-13-8-11)12(9-15-2)10-5-6-10/h10-13H,3-9H2,1-2H3. The van der Waals surface area contributed by atoms with Gasteiger partial charge in [0.15, 0.2) is 0 Å². The third-order valence-corrected chi connectivity index (χ3v) is 3.87. The number of hydrogen-bond acceptors (Lipinski definition) is 3. The number of rotatable bonds is 5. The molecule has 1 aliphatic carbocycles. The van der Waals surface area contributed by atoms with Gasteiger partial charge in [-0.3, -0.25) is 4.90 Å². The van der Waals surface area contributed by atoms with Crippen LogP contribution in [0.2, 0.25) is 0 Å². The predicted octanol–water partition coefficient (Wildman–Crippen LogP) is 1.10. The highest BCUT2D eigenvalue weighted by Crippen LogP contribution is 2.36. The molecule has 0 radical (unpaired) electrons. The number of nitrogens with zero attached hydrogens (tertiary/aromatic N) is 1. The molecule has 0 aromatic carbocycles. The molecule has 2 aliphatic rings. The van der Waals surface area contributed by atoms with Gasteiger partial charge in [-0.1, -0.05) is 0 Å². The van der Waals surface area contributed by atoms with E-state index < -0.39 is 0 Å². The molecule has 1 heterocycles. The number of piperidine rings is 1. The van der Waals surface area contributed by atoms with Crippen molar-refractivity contribution in [3.63, 3.8) is 0 Å². The normalized spacial score (nSPS) is 29.4. The lowest BCUT2D eigenvalue weighted by Gasteiger charge is -2.37. The Morgan fingerprint density at radius 1 is 1.40 bits per heavy atom. The van der Waals surface area contributed by atoms with E-state index in [4.69, 9.17) is 4.74 Å². The number of likely N-dealkylation sites (N-methyl/N-ethyl adjacent to an activating group) is 1. The Labute approximate surface area is 93.2 Å². The van der Waals surface area contributed by atoms with Crippen molar-refractivity contribution in [3.8, 4) is 0 Å². The molecule has 0 aromatic heterocycles. The molecule has 2 atom stereocenters. The van der Waals surface area contributed by atoms with E-state index in [0.29, 0.717) is 6.04 Å². The second kappa shape index (κ2) is 5.28. The summed E-state index contributed by atoms with van der Waals surface area (Å²) in [4.78, 5) is 2.56. The van der Waals surface area contributed by atoms with Gasteiger partial charge >= 0.3 is 0 Å². The highest BCUT2D eigenvalue weighted by molar-refractivity contribution is 4.90. The van der Waals surface area contributed by atoms with E-state index in [-0.39, 0.29) is 0 Å². The summed E-state index contributed by atoms with van der Waals surface area (Å²) in [6.07, 6.45) is 5.47. The van der Waals surface area contributed by atoms with Crippen molar-refractivity contribution < 1.29 is 4.74 Å². The number of hydrogen-bond donors (Lipinski definition) is 1. The fourth-order valence-electron chi connectivity index (χ4n) is 2.69. The van der Waals surface area contributed by atoms with Gasteiger partial charge in [-0.25, -0.2) is 0 Å². The van der Waals surface area contributed by atoms with E-state index in [1.807, 2.05) is 7.11 Å². The molecular weight excluding hydrogens is 188 g/mol. The molecule has 0 bridgehead atoms. The Hall–Kier alpha value is -0.120. The van der Waals surface area contributed by atoms with Crippen LogP contribution in [0, 0.1) is 5.92 Å². The van der Waals surface area contributed by atoms with Crippen LogP contribution in [0.15, 0.2) is 0 Å². The van der Waals surface area contributed by atoms with Gasteiger partial charge in [-0.05, 0) is 45.2 Å². The predicted molar refractivity (Wildman–Crippen MR) is 62.0 cm³/mol. The SMILES string of the molecule is COCC(C1CC1)N(C)C1CCCNC1. The summed E-state index contributed by atoms with van der Waals surface area (Å²) in [5.74, 6) is 0.900. The minimum Gasteiger partial charge on any atom is -0.383 e. The quantitative estimate of drug-likeness (QED) is 0.738. The molecule has 3 heteroatoms. The average molecular weight is 212 g/mol. The average Bonchev–Trinajstić information content (AvgIpc) is 3.10. The molecule has 15 heavy (non-hydrogen) atoms. The van der Waals surface area contributed by atoms with Crippen LogP contribution in [0.5, 0.6) is 0 Å². The molecule has 88 valence electrons. The van der Waals surface area contributed by atoms with Crippen molar-refractivity contribution in [2.45, 2.75) is 37.8 Å². The van der Waals surface area contributed by atoms with E-state index in [1.165, 1.54) is 32.2 Å². The van der Waals surface area contributed by atoms with Crippen LogP contribution < -0.4 is 5.32 Å². The van der Waals surface area contributed by atoms with E-state index in [9.17, 15) is 0 Å². The molecule has 2 unspecified atom stereocenters. The van der Waals surface area contributed by atoms with Gasteiger partial charge in [0.05, 0.1) is 6.61 Å². The van der Waals surface area contributed by atoms with Gasteiger partial charge in [-0.2, -0.15) is 0 Å². The highest BCUT2D eigenvalue weighted by Gasteiger charge is 2.36. The Balaban J connectivity index is 1.87. The number of nitrogens with one attached hydrogen (secondary N) is 1. The Morgan fingerprint density at radius 2 is 2.20 bits per heavy atom. The molecule has 0 spiro atoms. The summed E-state index contributed by atoms with van der Waals surface area (Å²) in [5, 5.41) is 3.49. The molecule has 2 fully saturated rings. The van der Waals surface area contributed by atoms with Crippen molar-refractivity contribution in [3.05, 3.63) is 0 Å². The van der Waals surface area contributed by atoms with Crippen LogP contribution >= 0.6 is 0 Å². The maximum atomic E-state index is 5.36. The molecule has 2 rings (SSSR count). The van der Waals surface area contributed by atoms with Crippen LogP contribution in [-0.2, 0) is 4.74 Å². The maximum absolute atomic E-state index is 5.36. The summed E-state index contributed by atoms with van der Waals surface area (Å²) in [6.45, 7) is 3.25. The minimum absolute atomic E-state index is 0.653. The van der Waals surface area contributed by atoms with Crippen molar-refractivity contribution in [2.24, 2.45) is 5.92 Å². The van der Waals surface area contributed by atoms with Crippen molar-refractivity contribution in [1.82, 2.24) is 10.2 Å². The highest BCUT2D eigenvalue weighted by atomic mass is 16.5. The monoisotopic (exact) mass is 212 g/mol. The molecule has 3 nitrogen and oxygen atoms in total. The Bertz CT molecular complexity index is 188. The molecule has 1 aliphatic heterocycles. The topological polar surface area (TPSA) is 24.5 Å². The molecule has 0 aromatic rings. The summed E-state index contributed by atoms with van der Waals surface area (Å²) >= 11 is 0. The summed E-state index contributed by atoms with van der Waals surface area (Å²) < 4.78 is 5.36. The molecule has 1 saturated carbocycles. The lowest BCUT2D eigenvalue weighted by molar-refractivity contribution is 0.0596. The summed E-state index contributed by atoms with van der Waals surface area (Å²) in [6, 6.07) is 1.37. The van der Waals surface area contributed by atoms with E-state index >= 15 is 0 Å². The lowest BCUT2D eigenvalue weighted by atomic mass is 10.0. The second-order valence-corrected chi connectivity index (χ2v) is 5.03. The Morgan fingerprint density at radius 3 is 2.73 bits per heavy atom. The zero-order valence-corrected chi connectivity index (χ0v) is 10.0. The third-order valence-electron chi connectivity index (χ3n) is 3.87. The zero-order chi connectivity index (χ0) is 10.7. The minimum atomic E-state index is 0.653. The van der Waals surface area contributed by atoms with Crippen molar-refractivity contribution in [1.29, 1.82) is 0 Å². The first-order valence-electron chi connectivity index (χ1n) is 6.24. The number of ether oxygens (including phenoxy) is 1. The van der Waals surface area contributed by atoms with E-state index in [2.05, 4.69) is 17.3 Å².